The molecule has 0 radical (unpaired) electrons. The van der Waals surface area contributed by atoms with E-state index in [2.05, 4.69) is 0 Å². The highest BCUT2D eigenvalue weighted by Crippen LogP contribution is 2.14. The normalized spacial score (nSPS) is 31.7. The fraction of sp³-hybridized carbons (Fsp3) is 0.875. The third-order valence-corrected chi connectivity index (χ3v) is 1.82. The molecule has 2 atom stereocenters. The summed E-state index contributed by atoms with van der Waals surface area (Å²) in [6, 6.07) is 0. The van der Waals surface area contributed by atoms with Gasteiger partial charge in [-0.05, 0) is 19.8 Å². The highest BCUT2D eigenvalue weighted by Gasteiger charge is 2.20. The Morgan fingerprint density at radius 1 is 1.64 bits per heavy atom. The van der Waals surface area contributed by atoms with E-state index in [0.717, 1.165) is 25.7 Å². The maximum Gasteiger partial charge on any atom is 0.148 e. The van der Waals surface area contributed by atoms with Crippen LogP contribution in [0.5, 0.6) is 0 Å². The van der Waals surface area contributed by atoms with Crippen LogP contribution < -0.4 is 0 Å². The van der Waals surface area contributed by atoms with Crippen molar-refractivity contribution in [3.8, 4) is 0 Å². The molecule has 0 aliphatic carbocycles. The number of hydrogen-bond donors (Lipinski definition) is 0. The summed E-state index contributed by atoms with van der Waals surface area (Å²) in [5.41, 5.74) is 0. The molecule has 1 fully saturated rings. The summed E-state index contributed by atoms with van der Waals surface area (Å²) >= 11 is 0. The van der Waals surface area contributed by atoms with Gasteiger partial charge in [-0.2, -0.15) is 0 Å². The number of ether oxygens (including phenoxy) is 2. The Hall–Kier alpha value is -0.410. The van der Waals surface area contributed by atoms with Gasteiger partial charge in [0.25, 0.3) is 0 Å². The summed E-state index contributed by atoms with van der Waals surface area (Å²) in [4.78, 5) is 10.3. The van der Waals surface area contributed by atoms with Gasteiger partial charge in [0.05, 0.1) is 12.7 Å². The maximum absolute atomic E-state index is 10.3. The molecule has 0 N–H and O–H groups in total. The van der Waals surface area contributed by atoms with E-state index in [-0.39, 0.29) is 12.2 Å². The first-order valence-corrected chi connectivity index (χ1v) is 4.05. The van der Waals surface area contributed by atoms with Gasteiger partial charge in [0, 0.05) is 6.61 Å². The summed E-state index contributed by atoms with van der Waals surface area (Å²) in [7, 11) is 0. The minimum Gasteiger partial charge on any atom is -0.376 e. The zero-order valence-electron chi connectivity index (χ0n) is 6.79. The van der Waals surface area contributed by atoms with Gasteiger partial charge in [-0.25, -0.2) is 0 Å². The van der Waals surface area contributed by atoms with Gasteiger partial charge in [0.1, 0.15) is 12.4 Å². The molecule has 3 heteroatoms. The molecule has 0 aromatic rings. The predicted octanol–water partition coefficient (Wildman–Crippen LogP) is 0.769. The summed E-state index contributed by atoms with van der Waals surface area (Å²) in [6.45, 7) is 3.25. The number of carbonyl (C=O) groups excluding carboxylic acids is 1. The lowest BCUT2D eigenvalue weighted by molar-refractivity contribution is -0.128. The smallest absolute Gasteiger partial charge is 0.148 e. The van der Waals surface area contributed by atoms with Gasteiger partial charge in [0.2, 0.25) is 0 Å². The van der Waals surface area contributed by atoms with E-state index >= 15 is 0 Å². The molecule has 0 unspecified atom stereocenters. The van der Waals surface area contributed by atoms with Crippen LogP contribution in [0.2, 0.25) is 0 Å². The molecule has 0 spiro atoms. The second-order valence-corrected chi connectivity index (χ2v) is 2.66. The molecular weight excluding hydrogens is 144 g/mol. The van der Waals surface area contributed by atoms with Crippen molar-refractivity contribution in [1.82, 2.24) is 0 Å². The minimum absolute atomic E-state index is 0.188. The largest absolute Gasteiger partial charge is 0.376 e. The van der Waals surface area contributed by atoms with Gasteiger partial charge < -0.3 is 14.3 Å². The Morgan fingerprint density at radius 2 is 2.45 bits per heavy atom. The highest BCUT2D eigenvalue weighted by molar-refractivity contribution is 5.56. The lowest BCUT2D eigenvalue weighted by atomic mass is 10.1. The molecule has 64 valence electrons. The molecule has 0 aromatic heterocycles. The standard InChI is InChI=1S/C8H14O3/c1-2-10-8-4-3-7(5-9)11-6-8/h5,7-8H,2-4,6H2,1H3/t7-,8+/m0/s1. The molecule has 1 aliphatic rings. The lowest BCUT2D eigenvalue weighted by Crippen LogP contribution is -2.32. The molecule has 0 bridgehead atoms. The van der Waals surface area contributed by atoms with Gasteiger partial charge in [0.15, 0.2) is 0 Å². The Labute approximate surface area is 66.7 Å². The average molecular weight is 158 g/mol. The maximum atomic E-state index is 10.3. The minimum atomic E-state index is -0.188. The van der Waals surface area contributed by atoms with Crippen LogP contribution in [0.25, 0.3) is 0 Å². The summed E-state index contributed by atoms with van der Waals surface area (Å²) in [5.74, 6) is 0. The van der Waals surface area contributed by atoms with Crippen molar-refractivity contribution in [1.29, 1.82) is 0 Å². The van der Waals surface area contributed by atoms with Crippen molar-refractivity contribution in [2.75, 3.05) is 13.2 Å². The van der Waals surface area contributed by atoms with Gasteiger partial charge >= 0.3 is 0 Å². The van der Waals surface area contributed by atoms with Crippen molar-refractivity contribution < 1.29 is 14.3 Å². The molecule has 11 heavy (non-hydrogen) atoms. The van der Waals surface area contributed by atoms with Gasteiger partial charge in [-0.15, -0.1) is 0 Å². The molecule has 1 heterocycles. The number of hydrogen-bond acceptors (Lipinski definition) is 3. The van der Waals surface area contributed by atoms with Crippen molar-refractivity contribution in [3.05, 3.63) is 0 Å². The van der Waals surface area contributed by atoms with E-state index in [1.165, 1.54) is 0 Å². The molecule has 1 rings (SSSR count). The first-order chi connectivity index (χ1) is 5.36. The van der Waals surface area contributed by atoms with Gasteiger partial charge in [-0.3, -0.25) is 0 Å². The average Bonchev–Trinajstić information content (AvgIpc) is 2.07. The highest BCUT2D eigenvalue weighted by atomic mass is 16.5. The monoisotopic (exact) mass is 158 g/mol. The number of aldehydes is 1. The SMILES string of the molecule is CCO[C@@H]1CC[C@@H](C=O)OC1. The molecule has 3 nitrogen and oxygen atoms in total. The second kappa shape index (κ2) is 4.46. The molecular formula is C8H14O3. The molecule has 0 saturated carbocycles. The Morgan fingerprint density at radius 3 is 2.91 bits per heavy atom. The van der Waals surface area contributed by atoms with Crippen LogP contribution in [0.1, 0.15) is 19.8 Å². The first kappa shape index (κ1) is 8.68. The van der Waals surface area contributed by atoms with Crippen LogP contribution in [-0.2, 0) is 14.3 Å². The molecule has 1 saturated heterocycles. The molecule has 0 aromatic carbocycles. The molecule has 1 aliphatic heterocycles. The van der Waals surface area contributed by atoms with Crippen LogP contribution in [0.3, 0.4) is 0 Å². The van der Waals surface area contributed by atoms with E-state index in [4.69, 9.17) is 9.47 Å². The Kier molecular flexibility index (Phi) is 3.52. The third kappa shape index (κ3) is 2.60. The zero-order valence-corrected chi connectivity index (χ0v) is 6.79. The topological polar surface area (TPSA) is 35.5 Å². The lowest BCUT2D eigenvalue weighted by Gasteiger charge is -2.25. The number of rotatable bonds is 3. The predicted molar refractivity (Wildman–Crippen MR) is 40.5 cm³/mol. The fourth-order valence-corrected chi connectivity index (χ4v) is 1.22. The summed E-state index contributed by atoms with van der Waals surface area (Å²) in [6.07, 6.45) is 2.62. The van der Waals surface area contributed by atoms with Crippen molar-refractivity contribution in [3.63, 3.8) is 0 Å². The second-order valence-electron chi connectivity index (χ2n) is 2.66. The van der Waals surface area contributed by atoms with E-state index in [1.54, 1.807) is 0 Å². The summed E-state index contributed by atoms with van der Waals surface area (Å²) < 4.78 is 10.5. The Bertz CT molecular complexity index is 117. The fourth-order valence-electron chi connectivity index (χ4n) is 1.22. The van der Waals surface area contributed by atoms with E-state index < -0.39 is 0 Å². The quantitative estimate of drug-likeness (QED) is 0.569. The van der Waals surface area contributed by atoms with E-state index in [1.807, 2.05) is 6.92 Å². The number of carbonyl (C=O) groups is 1. The summed E-state index contributed by atoms with van der Waals surface area (Å²) in [5, 5.41) is 0. The van der Waals surface area contributed by atoms with Crippen molar-refractivity contribution in [2.24, 2.45) is 0 Å². The van der Waals surface area contributed by atoms with E-state index in [9.17, 15) is 4.79 Å². The van der Waals surface area contributed by atoms with Crippen LogP contribution >= 0.6 is 0 Å². The van der Waals surface area contributed by atoms with E-state index in [0.29, 0.717) is 6.61 Å². The van der Waals surface area contributed by atoms with Crippen LogP contribution in [-0.4, -0.2) is 31.7 Å². The third-order valence-electron chi connectivity index (χ3n) is 1.82. The van der Waals surface area contributed by atoms with Crippen LogP contribution in [0.15, 0.2) is 0 Å². The van der Waals surface area contributed by atoms with Crippen molar-refractivity contribution >= 4 is 6.29 Å². The van der Waals surface area contributed by atoms with Crippen LogP contribution in [0.4, 0.5) is 0 Å². The zero-order chi connectivity index (χ0) is 8.10. The van der Waals surface area contributed by atoms with Crippen LogP contribution in [0, 0.1) is 0 Å². The Balaban J connectivity index is 2.18. The van der Waals surface area contributed by atoms with Crippen molar-refractivity contribution in [2.45, 2.75) is 32.0 Å². The first-order valence-electron chi connectivity index (χ1n) is 4.05. The van der Waals surface area contributed by atoms with Gasteiger partial charge in [-0.1, -0.05) is 0 Å². The molecule has 0 amide bonds.